The second-order valence-corrected chi connectivity index (χ2v) is 0. The summed E-state index contributed by atoms with van der Waals surface area (Å²) < 4.78 is 0. The predicted molar refractivity (Wildman–Crippen MR) is 0 cm³/mol. The van der Waals surface area contributed by atoms with Crippen LogP contribution >= 0.6 is 0 Å². The van der Waals surface area contributed by atoms with E-state index in [0.29, 0.717) is 0 Å². The minimum atomic E-state index is 0. The predicted octanol–water partition coefficient (Wildman–Crippen LogP) is -12.0. The molecule has 0 saturated carbocycles. The quantitative estimate of drug-likeness (QED) is 0.168. The Balaban J connectivity index is 0. The van der Waals surface area contributed by atoms with Gasteiger partial charge in [0.2, 0.25) is 0 Å². The third-order valence-electron chi connectivity index (χ3n) is 0. The topological polar surface area (TPSA) is 0 Å². The number of rotatable bonds is 0. The van der Waals surface area contributed by atoms with Crippen molar-refractivity contribution in [2.45, 2.75) is 0 Å². The molecule has 0 atom stereocenters. The number of halogens is 4. The summed E-state index contributed by atoms with van der Waals surface area (Å²) in [6.45, 7) is 0. The Hall–Kier alpha value is 4.79. The van der Waals surface area contributed by atoms with Crippen LogP contribution < -0.4 is 95.9 Å². The number of hydrogen-bond acceptors (Lipinski definition) is 0. The fourth-order valence-corrected chi connectivity index (χ4v) is 0. The van der Waals surface area contributed by atoms with Crippen molar-refractivity contribution in [2.75, 3.05) is 0 Å². The zero-order valence-electron chi connectivity index (χ0n) is 2.93. The third kappa shape index (κ3) is 23.2. The summed E-state index contributed by atoms with van der Waals surface area (Å²) in [5.41, 5.74) is 0. The molecule has 6 heavy (non-hydrogen) atoms. The fourth-order valence-electron chi connectivity index (χ4n) is 0. The maximum Gasteiger partial charge on any atom is 2.00 e. The Kier molecular flexibility index (Phi) is 248. The second kappa shape index (κ2) is 33.0. The van der Waals surface area contributed by atoms with Gasteiger partial charge in [-0.3, -0.25) is 0 Å². The van der Waals surface area contributed by atoms with Gasteiger partial charge in [-0.1, -0.05) is 0 Å². The van der Waals surface area contributed by atoms with Crippen molar-refractivity contribution in [3.63, 3.8) is 0 Å². The van der Waals surface area contributed by atoms with Gasteiger partial charge in [-0.2, -0.15) is 0 Å². The smallest absolute Gasteiger partial charge is 1.00 e. The first-order valence-corrected chi connectivity index (χ1v) is 0. The molecule has 0 radical (unpaired) electrons. The first-order valence-electron chi connectivity index (χ1n) is 0. The van der Waals surface area contributed by atoms with E-state index in [0.717, 1.165) is 0 Å². The van der Waals surface area contributed by atoms with Gasteiger partial charge in [0.05, 0.1) is 0 Å². The average Bonchev–Trinajstić information content (AvgIpc) is 0. The minimum absolute atomic E-state index is 0. The van der Waals surface area contributed by atoms with Crippen molar-refractivity contribution in [3.05, 3.63) is 0 Å². The van der Waals surface area contributed by atoms with Crippen LogP contribution in [0.2, 0.25) is 0 Å². The van der Waals surface area contributed by atoms with Gasteiger partial charge in [0, 0.05) is 0 Å². The third-order valence-corrected chi connectivity index (χ3v) is 0. The Morgan fingerprint density at radius 1 is 0.333 bits per heavy atom. The molecule has 0 unspecified atom stereocenters. The molecule has 0 saturated heterocycles. The molecule has 0 aromatic heterocycles. The molecule has 0 spiro atoms. The molecular formula is Hg2I4. The van der Waals surface area contributed by atoms with Crippen LogP contribution in [-0.4, -0.2) is 0 Å². The van der Waals surface area contributed by atoms with E-state index in [1.165, 1.54) is 0 Å². The first-order chi connectivity index (χ1) is 0. The molecule has 0 bridgehead atoms. The van der Waals surface area contributed by atoms with Gasteiger partial charge in [-0.25, -0.2) is 0 Å². The van der Waals surface area contributed by atoms with Crippen LogP contribution in [-0.2, 0) is 55.3 Å². The SMILES string of the molecule is [Hg+2].[Hg+2].[I-].[I-].[I-].[I-]. The Labute approximate surface area is 147 Å². The molecule has 0 aliphatic rings. The molecule has 0 aromatic rings. The van der Waals surface area contributed by atoms with Crippen molar-refractivity contribution in [2.24, 2.45) is 0 Å². The summed E-state index contributed by atoms with van der Waals surface area (Å²) >= 11 is 0. The molecule has 0 amide bonds. The van der Waals surface area contributed by atoms with Crippen LogP contribution in [0.25, 0.3) is 0 Å². The molecular weight excluding hydrogens is 909 g/mol. The van der Waals surface area contributed by atoms with Crippen LogP contribution in [0, 0.1) is 0 Å². The molecule has 0 aliphatic carbocycles. The zero-order chi connectivity index (χ0) is 0. The fraction of sp³-hybridized carbons (Fsp3) is 0. The van der Waals surface area contributed by atoms with E-state index < -0.39 is 0 Å². The summed E-state index contributed by atoms with van der Waals surface area (Å²) in [5, 5.41) is 0. The Bertz CT molecular complexity index is 5.51. The average molecular weight is 909 g/mol. The Morgan fingerprint density at radius 3 is 0.333 bits per heavy atom. The van der Waals surface area contributed by atoms with Crippen LogP contribution in [0.5, 0.6) is 0 Å². The summed E-state index contributed by atoms with van der Waals surface area (Å²) in [4.78, 5) is 0. The van der Waals surface area contributed by atoms with E-state index in [1.54, 1.807) is 0 Å². The van der Waals surface area contributed by atoms with Crippen molar-refractivity contribution < 1.29 is 151 Å². The summed E-state index contributed by atoms with van der Waals surface area (Å²) in [6, 6.07) is 0. The molecule has 0 fully saturated rings. The molecule has 0 aromatic carbocycles. The van der Waals surface area contributed by atoms with Crippen molar-refractivity contribution in [1.82, 2.24) is 0 Å². The Morgan fingerprint density at radius 2 is 0.333 bits per heavy atom. The minimum Gasteiger partial charge on any atom is -1.00 e. The van der Waals surface area contributed by atoms with Gasteiger partial charge in [-0.15, -0.1) is 0 Å². The van der Waals surface area contributed by atoms with Gasteiger partial charge in [0.15, 0.2) is 0 Å². The van der Waals surface area contributed by atoms with Gasteiger partial charge in [0.25, 0.3) is 0 Å². The van der Waals surface area contributed by atoms with Crippen molar-refractivity contribution in [1.29, 1.82) is 0 Å². The molecule has 0 aliphatic heterocycles. The van der Waals surface area contributed by atoms with E-state index in [-0.39, 0.29) is 151 Å². The standard InChI is InChI=1S/2Hg.4HI/h;;4*1H/q2*+2;;;;/p-4. The van der Waals surface area contributed by atoms with E-state index in [9.17, 15) is 0 Å². The summed E-state index contributed by atoms with van der Waals surface area (Å²) in [5.74, 6) is 0. The van der Waals surface area contributed by atoms with Crippen LogP contribution in [0.4, 0.5) is 0 Å². The van der Waals surface area contributed by atoms with Crippen molar-refractivity contribution >= 4 is 0 Å². The van der Waals surface area contributed by atoms with Gasteiger partial charge < -0.3 is 95.9 Å². The van der Waals surface area contributed by atoms with E-state index in [4.69, 9.17) is 0 Å². The van der Waals surface area contributed by atoms with Gasteiger partial charge in [-0.05, 0) is 0 Å². The maximum atomic E-state index is 0. The van der Waals surface area contributed by atoms with Gasteiger partial charge in [0.1, 0.15) is 0 Å². The second-order valence-electron chi connectivity index (χ2n) is 0. The van der Waals surface area contributed by atoms with Crippen LogP contribution in [0.3, 0.4) is 0 Å². The van der Waals surface area contributed by atoms with E-state index in [1.807, 2.05) is 0 Å². The monoisotopic (exact) mass is 912 g/mol. The maximum absolute atomic E-state index is 0. The van der Waals surface area contributed by atoms with E-state index >= 15 is 0 Å². The summed E-state index contributed by atoms with van der Waals surface area (Å²) in [6.07, 6.45) is 0. The molecule has 0 nitrogen and oxygen atoms in total. The largest absolute Gasteiger partial charge is 2.00 e. The molecule has 6 heteroatoms. The van der Waals surface area contributed by atoms with Gasteiger partial charge >= 0.3 is 55.3 Å². The molecule has 0 N–H and O–H groups in total. The first kappa shape index (κ1) is 45.1. The van der Waals surface area contributed by atoms with Crippen molar-refractivity contribution in [3.8, 4) is 0 Å². The van der Waals surface area contributed by atoms with Crippen LogP contribution in [0.1, 0.15) is 0 Å². The van der Waals surface area contributed by atoms with Crippen LogP contribution in [0.15, 0.2) is 0 Å². The molecule has 0 heterocycles. The normalized spacial score (nSPS) is 0. The van der Waals surface area contributed by atoms with E-state index in [2.05, 4.69) is 0 Å². The number of hydrogen-bond donors (Lipinski definition) is 0. The molecule has 32 valence electrons. The zero-order valence-corrected chi connectivity index (χ0v) is 22.6. The summed E-state index contributed by atoms with van der Waals surface area (Å²) in [7, 11) is 0. The molecule has 0 rings (SSSR count).